The molecule has 0 unspecified atom stereocenters. The molecular weight excluding hydrogens is 668 g/mol. The van der Waals surface area contributed by atoms with E-state index in [9.17, 15) is 4.79 Å². The Morgan fingerprint density at radius 2 is 1.92 bits per heavy atom. The maximum Gasteiger partial charge on any atom is 0.292 e. The lowest BCUT2D eigenvalue weighted by Crippen LogP contribution is -2.33. The number of halogens is 1. The number of nitrogens with two attached hydrogens (primary N) is 2. The molecule has 0 aliphatic carbocycles. The highest BCUT2D eigenvalue weighted by molar-refractivity contribution is 6.30. The number of hydrogen-bond acceptors (Lipinski definition) is 11. The number of carbonyl (C=O) groups excluding carboxylic acids is 2. The topological polar surface area (TPSA) is 185 Å². The molecule has 268 valence electrons. The van der Waals surface area contributed by atoms with Crippen LogP contribution >= 0.6 is 11.6 Å². The van der Waals surface area contributed by atoms with Crippen molar-refractivity contribution in [2.24, 2.45) is 16.8 Å². The number of benzene rings is 2. The predicted octanol–water partition coefficient (Wildman–Crippen LogP) is 5.23. The van der Waals surface area contributed by atoms with Crippen LogP contribution in [-0.2, 0) is 20.9 Å². The molecule has 1 aliphatic rings. The number of methoxy groups -OCH3 is 1. The molecule has 2 aromatic heterocycles. The summed E-state index contributed by atoms with van der Waals surface area (Å²) in [6.07, 6.45) is 11.6. The molecule has 1 amide bonds. The molecule has 0 radical (unpaired) electrons. The van der Waals surface area contributed by atoms with Crippen molar-refractivity contribution in [2.75, 3.05) is 36.3 Å². The van der Waals surface area contributed by atoms with Gasteiger partial charge in [-0.2, -0.15) is 5.10 Å². The van der Waals surface area contributed by atoms with E-state index in [1.807, 2.05) is 37.5 Å². The lowest BCUT2D eigenvalue weighted by Gasteiger charge is -2.25. The first-order chi connectivity index (χ1) is 24.8. The molecular formula is C37H45ClN10O3. The number of hydrazine groups is 1. The van der Waals surface area contributed by atoms with Gasteiger partial charge in [0.1, 0.15) is 6.34 Å². The average molecular weight is 713 g/mol. The third kappa shape index (κ3) is 11.8. The number of aromatic nitrogens is 2. The third-order valence-corrected chi connectivity index (χ3v) is 8.36. The lowest BCUT2D eigenvalue weighted by molar-refractivity contribution is -0.126. The summed E-state index contributed by atoms with van der Waals surface area (Å²) >= 11 is 6.24. The number of ether oxygens (including phenoxy) is 1. The van der Waals surface area contributed by atoms with Crippen molar-refractivity contribution >= 4 is 53.5 Å². The van der Waals surface area contributed by atoms with Crippen molar-refractivity contribution in [3.05, 3.63) is 107 Å². The molecule has 8 N–H and O–H groups in total. The molecule has 0 saturated carbocycles. The molecule has 14 heteroatoms. The largest absolute Gasteiger partial charge is 0.471 e. The number of amides is 1. The van der Waals surface area contributed by atoms with Gasteiger partial charge in [-0.15, -0.1) is 0 Å². The molecule has 2 aromatic carbocycles. The van der Waals surface area contributed by atoms with Crippen LogP contribution in [0.25, 0.3) is 17.2 Å². The van der Waals surface area contributed by atoms with Gasteiger partial charge < -0.3 is 31.8 Å². The minimum Gasteiger partial charge on any atom is -0.471 e. The van der Waals surface area contributed by atoms with E-state index in [4.69, 9.17) is 33.1 Å². The Balaban J connectivity index is 0.00000138. The Morgan fingerprint density at radius 1 is 1.10 bits per heavy atom. The number of hydrogen-bond donors (Lipinski definition) is 6. The molecule has 1 aliphatic heterocycles. The van der Waals surface area contributed by atoms with Crippen LogP contribution in [0.2, 0.25) is 5.02 Å². The summed E-state index contributed by atoms with van der Waals surface area (Å²) in [7, 11) is 3.23. The maximum atomic E-state index is 13.3. The Bertz CT molecular complexity index is 1770. The Hall–Kier alpha value is -5.50. The second-order valence-electron chi connectivity index (χ2n) is 11.7. The zero-order chi connectivity index (χ0) is 36.4. The summed E-state index contributed by atoms with van der Waals surface area (Å²) in [6.45, 7) is 1.84. The van der Waals surface area contributed by atoms with Crippen LogP contribution < -0.4 is 38.0 Å². The molecule has 4 aromatic rings. The van der Waals surface area contributed by atoms with Crippen LogP contribution in [0.3, 0.4) is 0 Å². The van der Waals surface area contributed by atoms with Crippen molar-refractivity contribution in [2.45, 2.75) is 44.3 Å². The van der Waals surface area contributed by atoms with Crippen LogP contribution in [-0.4, -0.2) is 55.4 Å². The normalized spacial score (nSPS) is 15.6. The van der Waals surface area contributed by atoms with E-state index >= 15 is 0 Å². The number of rotatable bonds is 11. The van der Waals surface area contributed by atoms with E-state index in [2.05, 4.69) is 60.4 Å². The summed E-state index contributed by atoms with van der Waals surface area (Å²) in [5, 5.41) is 19.1. The predicted molar refractivity (Wildman–Crippen MR) is 205 cm³/mol. The van der Waals surface area contributed by atoms with Crippen molar-refractivity contribution in [1.82, 2.24) is 20.6 Å². The smallest absolute Gasteiger partial charge is 0.292 e. The zero-order valence-electron chi connectivity index (χ0n) is 28.8. The minimum atomic E-state index is -0.283. The molecule has 5 rings (SSSR count). The number of pyridine rings is 2. The number of hydrazone groups is 1. The van der Waals surface area contributed by atoms with Gasteiger partial charge in [-0.1, -0.05) is 36.6 Å². The van der Waals surface area contributed by atoms with Gasteiger partial charge >= 0.3 is 0 Å². The van der Waals surface area contributed by atoms with Crippen molar-refractivity contribution in [3.8, 4) is 11.1 Å². The number of nitrogens with one attached hydrogen (secondary N) is 4. The van der Waals surface area contributed by atoms with Crippen LogP contribution in [0, 0.1) is 0 Å². The SMILES string of the molecule is CNc1ccc2c(c1)N[C@@H](CNCc1ccccn1)CCCC[C@H](NC(=O)/C=C/c1cc(Cl)ccc1N(N)/C=N\N)c1cc-2ccn1.COC=O. The summed E-state index contributed by atoms with van der Waals surface area (Å²) < 4.78 is 3.86. The number of anilines is 3. The first-order valence-corrected chi connectivity index (χ1v) is 16.9. The molecule has 2 atom stereocenters. The van der Waals surface area contributed by atoms with Crippen LogP contribution in [0.15, 0.2) is 90.3 Å². The number of nitrogens with zero attached hydrogens (tertiary/aromatic N) is 4. The van der Waals surface area contributed by atoms with Crippen molar-refractivity contribution in [1.29, 1.82) is 0 Å². The van der Waals surface area contributed by atoms with Crippen molar-refractivity contribution < 1.29 is 14.3 Å². The highest BCUT2D eigenvalue weighted by atomic mass is 35.5. The van der Waals surface area contributed by atoms with Crippen LogP contribution in [0.5, 0.6) is 0 Å². The molecule has 13 nitrogen and oxygen atoms in total. The Kier molecular flexibility index (Phi) is 15.2. The fourth-order valence-electron chi connectivity index (χ4n) is 5.65. The fourth-order valence-corrected chi connectivity index (χ4v) is 5.83. The Morgan fingerprint density at radius 3 is 2.67 bits per heavy atom. The fraction of sp³-hybridized carbons (Fsp3) is 0.270. The van der Waals surface area contributed by atoms with Gasteiger partial charge in [-0.3, -0.25) is 24.6 Å². The average Bonchev–Trinajstić information content (AvgIpc) is 3.15. The molecule has 3 heterocycles. The van der Waals surface area contributed by atoms with Gasteiger partial charge in [0.2, 0.25) is 5.91 Å². The van der Waals surface area contributed by atoms with Gasteiger partial charge in [0.15, 0.2) is 0 Å². The molecule has 0 spiro atoms. The molecule has 51 heavy (non-hydrogen) atoms. The second kappa shape index (κ2) is 20.2. The summed E-state index contributed by atoms with van der Waals surface area (Å²) in [6, 6.07) is 21.4. The summed E-state index contributed by atoms with van der Waals surface area (Å²) in [5.41, 5.74) is 7.18. The van der Waals surface area contributed by atoms with E-state index in [-0.39, 0.29) is 18.0 Å². The zero-order valence-corrected chi connectivity index (χ0v) is 29.5. The van der Waals surface area contributed by atoms with Crippen LogP contribution in [0.1, 0.15) is 48.7 Å². The van der Waals surface area contributed by atoms with Gasteiger partial charge in [-0.05, 0) is 79.1 Å². The van der Waals surface area contributed by atoms with Gasteiger partial charge in [0.05, 0.1) is 30.2 Å². The quantitative estimate of drug-likeness (QED) is 0.0299. The van der Waals surface area contributed by atoms with Gasteiger partial charge in [0, 0.05) is 72.2 Å². The van der Waals surface area contributed by atoms with Crippen molar-refractivity contribution in [3.63, 3.8) is 0 Å². The molecule has 0 saturated heterocycles. The standard InChI is InChI=1S/C35H41ClN10O.C2H4O2/c1-39-27-11-12-30-24-15-17-42-33(19-24)31(45-35(47)14-9-25-18-26(36)10-13-34(25)46(38)23-43-37)8-3-2-7-29(44-32(30)20-27)22-40-21-28-6-4-5-16-41-28;1-4-2-3/h4-6,9-20,23,29,31,39-40,44H,2-3,7-8,21-22,37-38H2,1H3,(H,45,47);2H,1H3/b14-9+,43-23-;/t29-,31+;/m1./s1. The highest BCUT2D eigenvalue weighted by Gasteiger charge is 2.20. The lowest BCUT2D eigenvalue weighted by atomic mass is 9.96. The monoisotopic (exact) mass is 712 g/mol. The first-order valence-electron chi connectivity index (χ1n) is 16.5. The number of fused-ring (bicyclic) bond motifs is 4. The Labute approximate surface area is 303 Å². The highest BCUT2D eigenvalue weighted by Crippen LogP contribution is 2.34. The minimum absolute atomic E-state index is 0.180. The third-order valence-electron chi connectivity index (χ3n) is 8.12. The van der Waals surface area contributed by atoms with Gasteiger partial charge in [-0.25, -0.2) is 5.84 Å². The summed E-state index contributed by atoms with van der Waals surface area (Å²) in [4.78, 5) is 31.4. The molecule has 2 bridgehead atoms. The second-order valence-corrected chi connectivity index (χ2v) is 12.1. The molecule has 0 fully saturated rings. The summed E-state index contributed by atoms with van der Waals surface area (Å²) in [5.74, 6) is 11.1. The van der Waals surface area contributed by atoms with E-state index < -0.39 is 0 Å². The van der Waals surface area contributed by atoms with E-state index in [1.165, 1.54) is 24.5 Å². The van der Waals surface area contributed by atoms with E-state index in [0.717, 1.165) is 66.1 Å². The first kappa shape index (κ1) is 38.3. The van der Waals surface area contributed by atoms with Crippen LogP contribution in [0.4, 0.5) is 17.1 Å². The van der Waals surface area contributed by atoms with Gasteiger partial charge in [0.25, 0.3) is 6.47 Å². The van der Waals surface area contributed by atoms with E-state index in [1.54, 1.807) is 30.5 Å². The maximum absolute atomic E-state index is 13.3. The van der Waals surface area contributed by atoms with E-state index in [0.29, 0.717) is 29.3 Å². The number of carbonyl (C=O) groups is 2.